The van der Waals surface area contributed by atoms with E-state index in [0.29, 0.717) is 12.4 Å². The summed E-state index contributed by atoms with van der Waals surface area (Å²) in [7, 11) is 0. The highest BCUT2D eigenvalue weighted by Crippen LogP contribution is 2.25. The van der Waals surface area contributed by atoms with Gasteiger partial charge >= 0.3 is 0 Å². The maximum absolute atomic E-state index is 13.0. The molecular weight excluding hydrogens is 243 g/mol. The average Bonchev–Trinajstić information content (AvgIpc) is 2.72. The minimum absolute atomic E-state index is 0.487. The third kappa shape index (κ3) is 2.29. The molecule has 1 aromatic carbocycles. The van der Waals surface area contributed by atoms with Gasteiger partial charge < -0.3 is 9.73 Å². The Hall–Kier alpha value is -2.36. The maximum Gasteiger partial charge on any atom is 0.214 e. The van der Waals surface area contributed by atoms with E-state index < -0.39 is 5.95 Å². The number of benzene rings is 1. The third-order valence-electron chi connectivity index (χ3n) is 3.06. The molecule has 0 bridgehead atoms. The van der Waals surface area contributed by atoms with Crippen LogP contribution in [0.25, 0.3) is 11.0 Å². The van der Waals surface area contributed by atoms with Crippen LogP contribution in [0, 0.1) is 12.9 Å². The van der Waals surface area contributed by atoms with Gasteiger partial charge in [-0.2, -0.15) is 4.39 Å². The molecule has 96 valence electrons. The summed E-state index contributed by atoms with van der Waals surface area (Å²) >= 11 is 0. The van der Waals surface area contributed by atoms with Gasteiger partial charge in [-0.3, -0.25) is 0 Å². The number of rotatable bonds is 3. The van der Waals surface area contributed by atoms with Crippen LogP contribution in [0.3, 0.4) is 0 Å². The monoisotopic (exact) mass is 256 g/mol. The quantitative estimate of drug-likeness (QED) is 0.722. The average molecular weight is 256 g/mol. The van der Waals surface area contributed by atoms with Crippen LogP contribution < -0.4 is 5.32 Å². The number of pyridine rings is 1. The van der Waals surface area contributed by atoms with Crippen LogP contribution in [-0.4, -0.2) is 4.98 Å². The molecule has 0 saturated carbocycles. The minimum atomic E-state index is -0.487. The van der Waals surface area contributed by atoms with E-state index in [1.165, 1.54) is 6.07 Å². The van der Waals surface area contributed by atoms with Crippen molar-refractivity contribution in [2.45, 2.75) is 13.5 Å². The number of nitrogens with zero attached hydrogens (tertiary/aromatic N) is 1. The lowest BCUT2D eigenvalue weighted by Gasteiger charge is -2.05. The first kappa shape index (κ1) is 11.7. The number of para-hydroxylation sites is 1. The number of furan rings is 1. The van der Waals surface area contributed by atoms with Crippen LogP contribution >= 0.6 is 0 Å². The molecule has 3 aromatic rings. The fourth-order valence-corrected chi connectivity index (χ4v) is 2.13. The first-order valence-electron chi connectivity index (χ1n) is 6.07. The zero-order valence-corrected chi connectivity index (χ0v) is 10.5. The Morgan fingerprint density at radius 2 is 2.00 bits per heavy atom. The fourth-order valence-electron chi connectivity index (χ4n) is 2.13. The Morgan fingerprint density at radius 3 is 2.84 bits per heavy atom. The van der Waals surface area contributed by atoms with Crippen molar-refractivity contribution in [1.29, 1.82) is 0 Å². The van der Waals surface area contributed by atoms with Crippen molar-refractivity contribution >= 4 is 16.8 Å². The Kier molecular flexibility index (Phi) is 2.91. The molecular formula is C15H13FN2O. The van der Waals surface area contributed by atoms with Crippen LogP contribution in [0.2, 0.25) is 0 Å². The third-order valence-corrected chi connectivity index (χ3v) is 3.06. The van der Waals surface area contributed by atoms with Crippen LogP contribution in [0.1, 0.15) is 11.3 Å². The second kappa shape index (κ2) is 4.72. The SMILES string of the molecule is Cc1oc2ccccc2c1CNc1cccc(F)n1. The van der Waals surface area contributed by atoms with Crippen molar-refractivity contribution in [3.8, 4) is 0 Å². The predicted molar refractivity (Wildman–Crippen MR) is 72.5 cm³/mol. The normalized spacial score (nSPS) is 10.8. The number of halogens is 1. The van der Waals surface area contributed by atoms with Gasteiger partial charge in [0.1, 0.15) is 17.2 Å². The number of anilines is 1. The lowest BCUT2D eigenvalue weighted by atomic mass is 10.1. The molecule has 0 aliphatic heterocycles. The number of hydrogen-bond donors (Lipinski definition) is 1. The summed E-state index contributed by atoms with van der Waals surface area (Å²) in [5, 5.41) is 4.18. The van der Waals surface area contributed by atoms with Gasteiger partial charge in [0.25, 0.3) is 0 Å². The van der Waals surface area contributed by atoms with Gasteiger partial charge in [0, 0.05) is 17.5 Å². The summed E-state index contributed by atoms with van der Waals surface area (Å²) in [4.78, 5) is 3.77. The van der Waals surface area contributed by atoms with E-state index >= 15 is 0 Å². The molecule has 0 aliphatic rings. The second-order valence-corrected chi connectivity index (χ2v) is 4.33. The molecule has 0 aliphatic carbocycles. The highest BCUT2D eigenvalue weighted by atomic mass is 19.1. The van der Waals surface area contributed by atoms with Gasteiger partial charge in [-0.05, 0) is 25.1 Å². The highest BCUT2D eigenvalue weighted by Gasteiger charge is 2.10. The van der Waals surface area contributed by atoms with Crippen molar-refractivity contribution in [2.75, 3.05) is 5.32 Å². The molecule has 3 nitrogen and oxygen atoms in total. The number of aromatic nitrogens is 1. The molecule has 3 rings (SSSR count). The predicted octanol–water partition coefficient (Wildman–Crippen LogP) is 3.89. The van der Waals surface area contributed by atoms with E-state index in [1.54, 1.807) is 12.1 Å². The summed E-state index contributed by atoms with van der Waals surface area (Å²) in [6.07, 6.45) is 0. The summed E-state index contributed by atoms with van der Waals surface area (Å²) in [5.74, 6) is 0.897. The molecule has 0 unspecified atom stereocenters. The molecule has 0 spiro atoms. The van der Waals surface area contributed by atoms with E-state index in [-0.39, 0.29) is 0 Å². The van der Waals surface area contributed by atoms with E-state index in [0.717, 1.165) is 22.3 Å². The lowest BCUT2D eigenvalue weighted by molar-refractivity contribution is 0.572. The van der Waals surface area contributed by atoms with Crippen molar-refractivity contribution in [2.24, 2.45) is 0 Å². The van der Waals surface area contributed by atoms with Crippen molar-refractivity contribution in [1.82, 2.24) is 4.98 Å². The van der Waals surface area contributed by atoms with Crippen molar-refractivity contribution in [3.63, 3.8) is 0 Å². The summed E-state index contributed by atoms with van der Waals surface area (Å²) < 4.78 is 18.7. The zero-order chi connectivity index (χ0) is 13.2. The smallest absolute Gasteiger partial charge is 0.214 e. The molecule has 1 N–H and O–H groups in total. The van der Waals surface area contributed by atoms with Crippen molar-refractivity contribution < 1.29 is 8.81 Å². The Bertz CT molecular complexity index is 721. The Morgan fingerprint density at radius 1 is 1.16 bits per heavy atom. The van der Waals surface area contributed by atoms with Crippen LogP contribution in [0.15, 0.2) is 46.9 Å². The van der Waals surface area contributed by atoms with Crippen LogP contribution in [0.4, 0.5) is 10.2 Å². The fraction of sp³-hybridized carbons (Fsp3) is 0.133. The summed E-state index contributed by atoms with van der Waals surface area (Å²) in [6, 6.07) is 12.6. The van der Waals surface area contributed by atoms with Gasteiger partial charge in [-0.25, -0.2) is 4.98 Å². The van der Waals surface area contributed by atoms with Gasteiger partial charge in [0.05, 0.1) is 0 Å². The zero-order valence-electron chi connectivity index (χ0n) is 10.5. The van der Waals surface area contributed by atoms with Gasteiger partial charge in [0.2, 0.25) is 5.95 Å². The number of nitrogens with one attached hydrogen (secondary N) is 1. The van der Waals surface area contributed by atoms with Gasteiger partial charge in [0.15, 0.2) is 0 Å². The van der Waals surface area contributed by atoms with E-state index in [9.17, 15) is 4.39 Å². The molecule has 0 atom stereocenters. The van der Waals surface area contributed by atoms with Crippen molar-refractivity contribution in [3.05, 3.63) is 59.7 Å². The molecule has 2 aromatic heterocycles. The standard InChI is InChI=1S/C15H13FN2O/c1-10-12(11-5-2-3-6-13(11)19-10)9-17-15-8-4-7-14(16)18-15/h2-8H,9H2,1H3,(H,17,18). The molecule has 19 heavy (non-hydrogen) atoms. The Labute approximate surface area is 110 Å². The summed E-state index contributed by atoms with van der Waals surface area (Å²) in [5.41, 5.74) is 1.94. The van der Waals surface area contributed by atoms with E-state index in [2.05, 4.69) is 10.3 Å². The largest absolute Gasteiger partial charge is 0.461 e. The molecule has 4 heteroatoms. The Balaban J connectivity index is 1.87. The van der Waals surface area contributed by atoms with Gasteiger partial charge in [-0.15, -0.1) is 0 Å². The number of fused-ring (bicyclic) bond motifs is 1. The molecule has 0 radical (unpaired) electrons. The summed E-state index contributed by atoms with van der Waals surface area (Å²) in [6.45, 7) is 2.48. The highest BCUT2D eigenvalue weighted by molar-refractivity contribution is 5.82. The number of hydrogen-bond acceptors (Lipinski definition) is 3. The first-order valence-corrected chi connectivity index (χ1v) is 6.07. The minimum Gasteiger partial charge on any atom is -0.461 e. The van der Waals surface area contributed by atoms with Crippen LogP contribution in [-0.2, 0) is 6.54 Å². The first-order chi connectivity index (χ1) is 9.24. The number of aryl methyl sites for hydroxylation is 1. The molecule has 2 heterocycles. The lowest BCUT2D eigenvalue weighted by Crippen LogP contribution is -2.02. The van der Waals surface area contributed by atoms with E-state index in [4.69, 9.17) is 4.42 Å². The van der Waals surface area contributed by atoms with E-state index in [1.807, 2.05) is 31.2 Å². The molecule has 0 saturated heterocycles. The van der Waals surface area contributed by atoms with Crippen LogP contribution in [0.5, 0.6) is 0 Å². The second-order valence-electron chi connectivity index (χ2n) is 4.33. The van der Waals surface area contributed by atoms with Gasteiger partial charge in [-0.1, -0.05) is 24.3 Å². The molecule has 0 fully saturated rings. The maximum atomic E-state index is 13.0. The topological polar surface area (TPSA) is 38.1 Å². The molecule has 0 amide bonds.